The highest BCUT2D eigenvalue weighted by molar-refractivity contribution is 6.30. The fraction of sp³-hybridized carbons (Fsp3) is 0.481. The number of fused-ring (bicyclic) bond motifs is 2. The number of unbranched alkanes of at least 4 members (excludes halogenated alkanes) is 5. The summed E-state index contributed by atoms with van der Waals surface area (Å²) in [5.41, 5.74) is 1.48. The third-order valence-corrected chi connectivity index (χ3v) is 7.06. The summed E-state index contributed by atoms with van der Waals surface area (Å²) in [6.07, 6.45) is 6.56. The molecule has 0 atom stereocenters. The van der Waals surface area contributed by atoms with Crippen LogP contribution in [0.2, 0.25) is 0 Å². The van der Waals surface area contributed by atoms with E-state index in [1.54, 1.807) is 16.7 Å². The van der Waals surface area contributed by atoms with Gasteiger partial charge in [0.25, 0.3) is 17.4 Å². The third-order valence-electron chi connectivity index (χ3n) is 7.06. The fourth-order valence-corrected chi connectivity index (χ4v) is 5.32. The number of carbonyl (C=O) groups is 2. The molecule has 6 heteroatoms. The number of aromatic nitrogens is 1. The summed E-state index contributed by atoms with van der Waals surface area (Å²) < 4.78 is 1.75. The molecule has 33 heavy (non-hydrogen) atoms. The lowest BCUT2D eigenvalue weighted by atomic mass is 9.88. The molecule has 1 aromatic heterocycles. The van der Waals surface area contributed by atoms with E-state index in [4.69, 9.17) is 4.99 Å². The molecule has 0 unspecified atom stereocenters. The smallest absolute Gasteiger partial charge is 0.261 e. The molecule has 172 valence electrons. The lowest BCUT2D eigenvalue weighted by Gasteiger charge is -2.30. The van der Waals surface area contributed by atoms with Crippen molar-refractivity contribution < 1.29 is 9.59 Å². The molecule has 5 rings (SSSR count). The van der Waals surface area contributed by atoms with E-state index in [1.807, 2.05) is 12.1 Å². The van der Waals surface area contributed by atoms with Crippen molar-refractivity contribution >= 4 is 33.4 Å². The molecule has 0 radical (unpaired) electrons. The van der Waals surface area contributed by atoms with E-state index in [1.165, 1.54) is 24.2 Å². The van der Waals surface area contributed by atoms with Crippen molar-refractivity contribution in [3.63, 3.8) is 0 Å². The van der Waals surface area contributed by atoms with Crippen LogP contribution in [-0.4, -0.2) is 34.4 Å². The summed E-state index contributed by atoms with van der Waals surface area (Å²) >= 11 is 0. The number of imide groups is 1. The summed E-state index contributed by atoms with van der Waals surface area (Å²) in [6.45, 7) is 8.06. The van der Waals surface area contributed by atoms with Gasteiger partial charge in [0.15, 0.2) is 0 Å². The van der Waals surface area contributed by atoms with Crippen LogP contribution in [-0.2, 0) is 6.54 Å². The average molecular weight is 446 g/mol. The summed E-state index contributed by atoms with van der Waals surface area (Å²) in [4.78, 5) is 46.2. The molecule has 0 fully saturated rings. The number of pyridine rings is 1. The SMILES string of the molecule is CCCCCCCCN1C(=O)c2ccc3c(=O)n4c(c5ccc(c2c35)C1=O)=NCC(C)(C)C4. The minimum Gasteiger partial charge on any atom is -0.292 e. The molecule has 2 aliphatic heterocycles. The van der Waals surface area contributed by atoms with Gasteiger partial charge in [-0.05, 0) is 30.7 Å². The van der Waals surface area contributed by atoms with E-state index >= 15 is 0 Å². The summed E-state index contributed by atoms with van der Waals surface area (Å²) in [7, 11) is 0. The first-order valence-electron chi connectivity index (χ1n) is 12.2. The normalized spacial score (nSPS) is 17.0. The number of amides is 2. The van der Waals surface area contributed by atoms with E-state index in [9.17, 15) is 14.4 Å². The van der Waals surface area contributed by atoms with Crippen LogP contribution in [0.5, 0.6) is 0 Å². The molecule has 3 aromatic rings. The van der Waals surface area contributed by atoms with Gasteiger partial charge in [-0.25, -0.2) is 0 Å². The van der Waals surface area contributed by atoms with Crippen LogP contribution in [0.25, 0.3) is 21.5 Å². The van der Waals surface area contributed by atoms with Crippen LogP contribution in [0.1, 0.15) is 80.0 Å². The topological polar surface area (TPSA) is 71.7 Å². The number of rotatable bonds is 7. The molecule has 2 aliphatic rings. The van der Waals surface area contributed by atoms with Gasteiger partial charge in [-0.1, -0.05) is 52.9 Å². The molecule has 0 bridgehead atoms. The zero-order chi connectivity index (χ0) is 23.3. The van der Waals surface area contributed by atoms with Crippen LogP contribution in [0.4, 0.5) is 0 Å². The molecule has 0 saturated carbocycles. The molecule has 2 aromatic carbocycles. The second kappa shape index (κ2) is 8.08. The molecule has 6 nitrogen and oxygen atoms in total. The van der Waals surface area contributed by atoms with E-state index in [0.717, 1.165) is 24.6 Å². The Morgan fingerprint density at radius 3 is 2.18 bits per heavy atom. The largest absolute Gasteiger partial charge is 0.292 e. The highest BCUT2D eigenvalue weighted by atomic mass is 16.2. The van der Waals surface area contributed by atoms with Crippen LogP contribution in [0.3, 0.4) is 0 Å². The number of hydrogen-bond donors (Lipinski definition) is 0. The number of hydrogen-bond acceptors (Lipinski definition) is 4. The van der Waals surface area contributed by atoms with Crippen LogP contribution in [0, 0.1) is 5.41 Å². The Morgan fingerprint density at radius 2 is 1.48 bits per heavy atom. The van der Waals surface area contributed by atoms with Gasteiger partial charge in [0.1, 0.15) is 5.49 Å². The lowest BCUT2D eigenvalue weighted by molar-refractivity contribution is 0.0608. The first kappa shape index (κ1) is 21.8. The van der Waals surface area contributed by atoms with Crippen molar-refractivity contribution in [1.29, 1.82) is 0 Å². The van der Waals surface area contributed by atoms with E-state index in [2.05, 4.69) is 20.8 Å². The number of benzene rings is 2. The first-order valence-corrected chi connectivity index (χ1v) is 12.2. The molecule has 0 spiro atoms. The summed E-state index contributed by atoms with van der Waals surface area (Å²) in [5, 5.41) is 2.70. The Bertz CT molecular complexity index is 1380. The molecule has 0 saturated heterocycles. The van der Waals surface area contributed by atoms with Crippen LogP contribution in [0.15, 0.2) is 34.1 Å². The molecular weight excluding hydrogens is 414 g/mol. The molecule has 2 amide bonds. The van der Waals surface area contributed by atoms with Crippen molar-refractivity contribution in [2.75, 3.05) is 13.1 Å². The first-order chi connectivity index (χ1) is 15.8. The summed E-state index contributed by atoms with van der Waals surface area (Å²) in [5.74, 6) is -0.516. The zero-order valence-electron chi connectivity index (χ0n) is 19.7. The Labute approximate surface area is 193 Å². The highest BCUT2D eigenvalue weighted by Gasteiger charge is 2.34. The third kappa shape index (κ3) is 3.47. The van der Waals surface area contributed by atoms with Gasteiger partial charge >= 0.3 is 0 Å². The molecule has 0 N–H and O–H groups in total. The van der Waals surface area contributed by atoms with Crippen molar-refractivity contribution in [3.8, 4) is 0 Å². The Kier molecular flexibility index (Phi) is 5.34. The highest BCUT2D eigenvalue weighted by Crippen LogP contribution is 2.35. The standard InChI is InChI=1S/C27H31N3O3/c1-4-5-6-7-8-9-14-29-24(31)19-11-10-17-21-18(12-13-20(22(19)21)25(29)32)26(33)30-16-27(2,3)15-28-23(17)30/h10-13H,4-9,14-16H2,1-3H3. The van der Waals surface area contributed by atoms with Crippen molar-refractivity contribution in [3.05, 3.63) is 51.2 Å². The Morgan fingerprint density at radius 1 is 0.848 bits per heavy atom. The minimum atomic E-state index is -0.258. The van der Waals surface area contributed by atoms with Crippen molar-refractivity contribution in [1.82, 2.24) is 9.47 Å². The maximum Gasteiger partial charge on any atom is 0.261 e. The van der Waals surface area contributed by atoms with Crippen LogP contribution < -0.4 is 11.0 Å². The van der Waals surface area contributed by atoms with Gasteiger partial charge in [-0.2, -0.15) is 0 Å². The monoisotopic (exact) mass is 445 g/mol. The Balaban J connectivity index is 1.59. The van der Waals surface area contributed by atoms with E-state index < -0.39 is 0 Å². The van der Waals surface area contributed by atoms with Gasteiger partial charge < -0.3 is 0 Å². The lowest BCUT2D eigenvalue weighted by Crippen LogP contribution is -2.44. The second-order valence-corrected chi connectivity index (χ2v) is 10.3. The fourth-order valence-electron chi connectivity index (χ4n) is 5.32. The van der Waals surface area contributed by atoms with Gasteiger partial charge in [-0.15, -0.1) is 0 Å². The van der Waals surface area contributed by atoms with Crippen LogP contribution >= 0.6 is 0 Å². The van der Waals surface area contributed by atoms with Gasteiger partial charge in [0.2, 0.25) is 0 Å². The van der Waals surface area contributed by atoms with E-state index in [-0.39, 0.29) is 22.8 Å². The quantitative estimate of drug-likeness (QED) is 0.397. The molecule has 3 heterocycles. The van der Waals surface area contributed by atoms with Crippen molar-refractivity contribution in [2.45, 2.75) is 65.8 Å². The summed E-state index contributed by atoms with van der Waals surface area (Å²) in [6, 6.07) is 7.19. The average Bonchev–Trinajstić information content (AvgIpc) is 2.79. The number of nitrogens with zero attached hydrogens (tertiary/aromatic N) is 3. The minimum absolute atomic E-state index is 0.0932. The number of carbonyl (C=O) groups excluding carboxylic acids is 2. The second-order valence-electron chi connectivity index (χ2n) is 10.3. The predicted molar refractivity (Wildman–Crippen MR) is 130 cm³/mol. The zero-order valence-corrected chi connectivity index (χ0v) is 19.7. The maximum absolute atomic E-state index is 13.4. The molecule has 0 aliphatic carbocycles. The Hall–Kier alpha value is -3.02. The maximum atomic E-state index is 13.4. The van der Waals surface area contributed by atoms with Crippen molar-refractivity contribution in [2.24, 2.45) is 10.4 Å². The van der Waals surface area contributed by atoms with Gasteiger partial charge in [0, 0.05) is 57.7 Å². The van der Waals surface area contributed by atoms with Gasteiger partial charge in [0.05, 0.1) is 0 Å². The van der Waals surface area contributed by atoms with E-state index in [0.29, 0.717) is 52.4 Å². The van der Waals surface area contributed by atoms with Gasteiger partial charge in [-0.3, -0.25) is 28.8 Å². The molecular formula is C27H31N3O3. The predicted octanol–water partition coefficient (Wildman–Crippen LogP) is 4.49.